The fourth-order valence-corrected chi connectivity index (χ4v) is 2.27. The van der Waals surface area contributed by atoms with E-state index in [0.29, 0.717) is 0 Å². The summed E-state index contributed by atoms with van der Waals surface area (Å²) in [6.45, 7) is 6.79. The van der Waals surface area contributed by atoms with Crippen LogP contribution in [-0.2, 0) is 14.9 Å². The van der Waals surface area contributed by atoms with Gasteiger partial charge in [-0.2, -0.15) is 0 Å². The van der Waals surface area contributed by atoms with Crippen molar-refractivity contribution in [2.45, 2.75) is 32.2 Å². The molecule has 0 radical (unpaired) electrons. The quantitative estimate of drug-likeness (QED) is 0.875. The lowest BCUT2D eigenvalue weighted by Crippen LogP contribution is -2.55. The maximum atomic E-state index is 11.4. The van der Waals surface area contributed by atoms with Gasteiger partial charge in [0, 0.05) is 0 Å². The first-order valence-corrected chi connectivity index (χ1v) is 6.44. The van der Waals surface area contributed by atoms with Crippen LogP contribution >= 0.6 is 0 Å². The van der Waals surface area contributed by atoms with Crippen LogP contribution in [0.3, 0.4) is 0 Å². The fourth-order valence-electron chi connectivity index (χ4n) is 2.27. The monoisotopic (exact) mass is 263 g/mol. The van der Waals surface area contributed by atoms with Gasteiger partial charge in [0.2, 0.25) is 0 Å². The summed E-state index contributed by atoms with van der Waals surface area (Å²) in [5.41, 5.74) is 7.29. The van der Waals surface area contributed by atoms with Gasteiger partial charge in [-0.15, -0.1) is 0 Å². The third-order valence-electron chi connectivity index (χ3n) is 3.88. The van der Waals surface area contributed by atoms with Gasteiger partial charge >= 0.3 is 5.97 Å². The number of ether oxygens (including phenoxy) is 1. The van der Waals surface area contributed by atoms with Gasteiger partial charge in [0.15, 0.2) is 0 Å². The highest BCUT2D eigenvalue weighted by molar-refractivity contribution is 5.77. The molecule has 1 fully saturated rings. The first-order chi connectivity index (χ1) is 8.77. The highest BCUT2D eigenvalue weighted by Gasteiger charge is 2.51. The molecular formula is C15H21NO3. The number of carbonyl (C=O) groups is 1. The summed E-state index contributed by atoms with van der Waals surface area (Å²) in [6.07, 6.45) is 0. The van der Waals surface area contributed by atoms with E-state index >= 15 is 0 Å². The molecule has 1 aliphatic rings. The normalized spacial score (nSPS) is 19.6. The third-order valence-corrected chi connectivity index (χ3v) is 3.88. The summed E-state index contributed by atoms with van der Waals surface area (Å²) in [6, 6.07) is 7.35. The van der Waals surface area contributed by atoms with Gasteiger partial charge in [-0.3, -0.25) is 4.79 Å². The number of benzene rings is 1. The van der Waals surface area contributed by atoms with Crippen molar-refractivity contribution in [2.24, 2.45) is 11.1 Å². The number of carboxylic acid groups (broad SMARTS) is 1. The van der Waals surface area contributed by atoms with Crippen molar-refractivity contribution in [3.63, 3.8) is 0 Å². The predicted octanol–water partition coefficient (Wildman–Crippen LogP) is 2.09. The van der Waals surface area contributed by atoms with E-state index in [1.165, 1.54) is 5.56 Å². The van der Waals surface area contributed by atoms with Crippen LogP contribution in [0.4, 0.5) is 0 Å². The Labute approximate surface area is 113 Å². The Morgan fingerprint density at radius 2 is 1.84 bits per heavy atom. The summed E-state index contributed by atoms with van der Waals surface area (Å²) in [7, 11) is 0. The molecule has 1 heterocycles. The van der Waals surface area contributed by atoms with Crippen molar-refractivity contribution in [1.29, 1.82) is 0 Å². The third kappa shape index (κ3) is 2.38. The number of carboxylic acids is 1. The van der Waals surface area contributed by atoms with Gasteiger partial charge in [0.25, 0.3) is 0 Å². The molecule has 3 N–H and O–H groups in total. The summed E-state index contributed by atoms with van der Waals surface area (Å²) in [5.74, 6) is -0.883. The van der Waals surface area contributed by atoms with Gasteiger partial charge in [-0.1, -0.05) is 45.0 Å². The van der Waals surface area contributed by atoms with E-state index in [0.717, 1.165) is 5.56 Å². The largest absolute Gasteiger partial charge is 0.481 e. The molecule has 0 saturated carbocycles. The van der Waals surface area contributed by atoms with Crippen LogP contribution in [-0.4, -0.2) is 24.3 Å². The van der Waals surface area contributed by atoms with Crippen LogP contribution in [0, 0.1) is 5.41 Å². The van der Waals surface area contributed by atoms with Gasteiger partial charge < -0.3 is 15.6 Å². The molecule has 1 aliphatic heterocycles. The predicted molar refractivity (Wildman–Crippen MR) is 73.0 cm³/mol. The van der Waals surface area contributed by atoms with Crippen LogP contribution in [0.2, 0.25) is 0 Å². The highest BCUT2D eigenvalue weighted by Crippen LogP contribution is 2.39. The van der Waals surface area contributed by atoms with E-state index in [9.17, 15) is 9.90 Å². The Hall–Kier alpha value is -1.39. The van der Waals surface area contributed by atoms with E-state index in [1.54, 1.807) is 0 Å². The van der Waals surface area contributed by atoms with Gasteiger partial charge in [-0.25, -0.2) is 0 Å². The minimum absolute atomic E-state index is 0.0761. The molecule has 4 heteroatoms. The Morgan fingerprint density at radius 3 is 2.16 bits per heavy atom. The number of rotatable bonds is 3. The van der Waals surface area contributed by atoms with Crippen molar-refractivity contribution in [1.82, 2.24) is 0 Å². The summed E-state index contributed by atoms with van der Waals surface area (Å²) >= 11 is 0. The lowest BCUT2D eigenvalue weighted by molar-refractivity contribution is -0.184. The van der Waals surface area contributed by atoms with Crippen LogP contribution in [0.15, 0.2) is 24.3 Å². The minimum Gasteiger partial charge on any atom is -0.481 e. The van der Waals surface area contributed by atoms with E-state index in [1.807, 2.05) is 24.3 Å². The molecule has 1 aromatic rings. The molecule has 1 aromatic carbocycles. The molecule has 0 aromatic heterocycles. The molecule has 0 bridgehead atoms. The summed E-state index contributed by atoms with van der Waals surface area (Å²) < 4.78 is 5.06. The highest BCUT2D eigenvalue weighted by atomic mass is 16.5. The maximum absolute atomic E-state index is 11.4. The molecule has 4 nitrogen and oxygen atoms in total. The molecule has 0 amide bonds. The first-order valence-electron chi connectivity index (χ1n) is 6.44. The van der Waals surface area contributed by atoms with E-state index in [-0.39, 0.29) is 18.6 Å². The number of hydrogen-bond acceptors (Lipinski definition) is 3. The Morgan fingerprint density at radius 1 is 1.32 bits per heavy atom. The number of hydrogen-bond donors (Lipinski definition) is 2. The molecule has 0 aliphatic carbocycles. The van der Waals surface area contributed by atoms with Crippen molar-refractivity contribution < 1.29 is 14.6 Å². The smallest absolute Gasteiger partial charge is 0.316 e. The molecule has 0 spiro atoms. The molecule has 2 rings (SSSR count). The van der Waals surface area contributed by atoms with Gasteiger partial charge in [-0.05, 0) is 16.5 Å². The first kappa shape index (κ1) is 14.0. The van der Waals surface area contributed by atoms with Gasteiger partial charge in [0.05, 0.1) is 19.3 Å². The van der Waals surface area contributed by atoms with Crippen LogP contribution in [0.5, 0.6) is 0 Å². The van der Waals surface area contributed by atoms with Gasteiger partial charge in [0.1, 0.15) is 5.41 Å². The van der Waals surface area contributed by atoms with Crippen molar-refractivity contribution >= 4 is 5.97 Å². The Bertz CT molecular complexity index is 469. The standard InChI is InChI=1S/C15H21NO3/c1-14(2,3)11-6-4-10(5-7-11)12(16)15(13(17)18)8-19-9-15/h4-7,12H,8-9,16H2,1-3H3,(H,17,18). The van der Waals surface area contributed by atoms with E-state index < -0.39 is 17.4 Å². The average molecular weight is 263 g/mol. The maximum Gasteiger partial charge on any atom is 0.316 e. The van der Waals surface area contributed by atoms with Crippen LogP contribution in [0.25, 0.3) is 0 Å². The molecular weight excluding hydrogens is 242 g/mol. The lowest BCUT2D eigenvalue weighted by atomic mass is 9.75. The molecule has 1 unspecified atom stereocenters. The summed E-state index contributed by atoms with van der Waals surface area (Å²) in [5, 5.41) is 9.34. The Kier molecular flexibility index (Phi) is 3.41. The van der Waals surface area contributed by atoms with Crippen molar-refractivity contribution in [3.8, 4) is 0 Å². The Balaban J connectivity index is 2.25. The zero-order valence-corrected chi connectivity index (χ0v) is 11.6. The topological polar surface area (TPSA) is 72.6 Å². The minimum atomic E-state index is -0.969. The average Bonchev–Trinajstić information content (AvgIpc) is 2.25. The molecule has 1 atom stereocenters. The van der Waals surface area contributed by atoms with Crippen molar-refractivity contribution in [2.75, 3.05) is 13.2 Å². The zero-order chi connectivity index (χ0) is 14.3. The SMILES string of the molecule is CC(C)(C)c1ccc(C(N)C2(C(=O)O)COC2)cc1. The molecule has 104 valence electrons. The summed E-state index contributed by atoms with van der Waals surface area (Å²) in [4.78, 5) is 11.4. The lowest BCUT2D eigenvalue weighted by Gasteiger charge is -2.42. The van der Waals surface area contributed by atoms with Crippen LogP contribution in [0.1, 0.15) is 37.9 Å². The van der Waals surface area contributed by atoms with Crippen LogP contribution < -0.4 is 5.73 Å². The zero-order valence-electron chi connectivity index (χ0n) is 11.6. The second-order valence-electron chi connectivity index (χ2n) is 6.30. The van der Waals surface area contributed by atoms with E-state index in [2.05, 4.69) is 20.8 Å². The second-order valence-corrected chi connectivity index (χ2v) is 6.30. The van der Waals surface area contributed by atoms with Crippen molar-refractivity contribution in [3.05, 3.63) is 35.4 Å². The number of nitrogens with two attached hydrogens (primary N) is 1. The molecule has 1 saturated heterocycles. The van der Waals surface area contributed by atoms with E-state index in [4.69, 9.17) is 10.5 Å². The number of aliphatic carboxylic acids is 1. The second kappa shape index (κ2) is 4.62. The molecule has 19 heavy (non-hydrogen) atoms. The fraction of sp³-hybridized carbons (Fsp3) is 0.533.